The van der Waals surface area contributed by atoms with Gasteiger partial charge in [-0.3, -0.25) is 10.1 Å². The monoisotopic (exact) mass is 313 g/mol. The number of benzene rings is 1. The minimum absolute atomic E-state index is 0.0449. The summed E-state index contributed by atoms with van der Waals surface area (Å²) >= 11 is 0. The van der Waals surface area contributed by atoms with E-state index >= 15 is 0 Å². The predicted molar refractivity (Wildman–Crippen MR) is 72.1 cm³/mol. The molecule has 1 atom stereocenters. The number of hydrogen-bond acceptors (Lipinski definition) is 3. The van der Waals surface area contributed by atoms with Gasteiger partial charge in [-0.05, 0) is 30.7 Å². The van der Waals surface area contributed by atoms with Crippen LogP contribution in [0, 0.1) is 6.92 Å². The molecule has 4 nitrogen and oxygen atoms in total. The fourth-order valence-corrected chi connectivity index (χ4v) is 2.05. The van der Waals surface area contributed by atoms with Crippen LogP contribution in [0.5, 0.6) is 0 Å². The minimum Gasteiger partial charge on any atom is -0.480 e. The molecule has 0 radical (unpaired) electrons. The lowest BCUT2D eigenvalue weighted by atomic mass is 10.0. The van der Waals surface area contributed by atoms with Crippen molar-refractivity contribution in [1.82, 2.24) is 5.32 Å². The van der Waals surface area contributed by atoms with Crippen molar-refractivity contribution in [2.45, 2.75) is 25.7 Å². The molecule has 2 N–H and O–H groups in total. The van der Waals surface area contributed by atoms with Crippen molar-refractivity contribution in [1.29, 1.82) is 0 Å². The second kappa shape index (κ2) is 6.23. The van der Waals surface area contributed by atoms with Crippen molar-refractivity contribution in [3.8, 4) is 0 Å². The van der Waals surface area contributed by atoms with Gasteiger partial charge in [0.05, 0.1) is 11.8 Å². The number of aryl methyl sites for hydroxylation is 1. The van der Waals surface area contributed by atoms with Gasteiger partial charge in [0.15, 0.2) is 0 Å². The van der Waals surface area contributed by atoms with E-state index in [1.54, 1.807) is 13.0 Å². The van der Waals surface area contributed by atoms with Crippen LogP contribution < -0.4 is 5.32 Å². The van der Waals surface area contributed by atoms with E-state index in [2.05, 4.69) is 5.32 Å². The molecular weight excluding hydrogens is 299 g/mol. The number of halogens is 3. The Balaban J connectivity index is 2.21. The zero-order valence-corrected chi connectivity index (χ0v) is 11.6. The van der Waals surface area contributed by atoms with Crippen molar-refractivity contribution in [2.24, 2.45) is 0 Å². The lowest BCUT2D eigenvalue weighted by molar-refractivity contribution is -0.140. The molecular formula is C15H14F3NO3. The molecule has 7 heteroatoms. The highest BCUT2D eigenvalue weighted by molar-refractivity contribution is 5.75. The van der Waals surface area contributed by atoms with Crippen LogP contribution in [0.3, 0.4) is 0 Å². The molecule has 0 fully saturated rings. The number of carboxylic acids is 1. The lowest BCUT2D eigenvalue weighted by Gasteiger charge is -2.16. The van der Waals surface area contributed by atoms with E-state index in [0.29, 0.717) is 5.76 Å². The van der Waals surface area contributed by atoms with Gasteiger partial charge in [0.25, 0.3) is 0 Å². The molecule has 0 spiro atoms. The highest BCUT2D eigenvalue weighted by atomic mass is 19.4. The van der Waals surface area contributed by atoms with E-state index < -0.39 is 23.8 Å². The molecule has 0 saturated carbocycles. The number of rotatable bonds is 5. The Morgan fingerprint density at radius 3 is 2.64 bits per heavy atom. The first-order valence-electron chi connectivity index (χ1n) is 6.45. The lowest BCUT2D eigenvalue weighted by Crippen LogP contribution is -2.28. The molecule has 0 saturated heterocycles. The second-order valence-electron chi connectivity index (χ2n) is 4.78. The number of hydrogen-bond donors (Lipinski definition) is 2. The average molecular weight is 313 g/mol. The zero-order valence-electron chi connectivity index (χ0n) is 11.6. The summed E-state index contributed by atoms with van der Waals surface area (Å²) < 4.78 is 43.2. The van der Waals surface area contributed by atoms with E-state index in [-0.39, 0.29) is 12.1 Å². The average Bonchev–Trinajstić information content (AvgIpc) is 2.84. The highest BCUT2D eigenvalue weighted by Crippen LogP contribution is 2.31. The van der Waals surface area contributed by atoms with Crippen molar-refractivity contribution in [3.05, 3.63) is 59.0 Å². The Hall–Kier alpha value is -2.28. The van der Waals surface area contributed by atoms with Gasteiger partial charge in [0.1, 0.15) is 11.8 Å². The first-order chi connectivity index (χ1) is 10.3. The van der Waals surface area contributed by atoms with Gasteiger partial charge in [0.2, 0.25) is 0 Å². The summed E-state index contributed by atoms with van der Waals surface area (Å²) in [7, 11) is 0. The molecule has 1 aromatic heterocycles. The molecule has 1 unspecified atom stereocenters. The van der Waals surface area contributed by atoms with Crippen LogP contribution in [-0.4, -0.2) is 11.1 Å². The minimum atomic E-state index is -4.51. The smallest absolute Gasteiger partial charge is 0.416 e. The van der Waals surface area contributed by atoms with E-state index in [1.807, 2.05) is 0 Å². The fraction of sp³-hybridized carbons (Fsp3) is 0.267. The van der Waals surface area contributed by atoms with Crippen molar-refractivity contribution in [2.75, 3.05) is 0 Å². The summed E-state index contributed by atoms with van der Waals surface area (Å²) in [6.07, 6.45) is -3.05. The SMILES string of the molecule is Cc1occc1CNC(C(=O)O)c1cccc(C(F)(F)F)c1. The number of furan rings is 1. The van der Waals surface area contributed by atoms with Crippen LogP contribution in [0.2, 0.25) is 0 Å². The third-order valence-electron chi connectivity index (χ3n) is 3.26. The standard InChI is InChI=1S/C15H14F3NO3/c1-9-11(5-6-22-9)8-19-13(14(20)21)10-3-2-4-12(7-10)15(16,17)18/h2-7,13,19H,8H2,1H3,(H,20,21). The highest BCUT2D eigenvalue weighted by Gasteiger charge is 2.31. The summed E-state index contributed by atoms with van der Waals surface area (Å²) in [5.41, 5.74) is -0.0840. The summed E-state index contributed by atoms with van der Waals surface area (Å²) in [6, 6.07) is 4.73. The molecule has 2 aromatic rings. The summed E-state index contributed by atoms with van der Waals surface area (Å²) in [4.78, 5) is 11.3. The molecule has 0 bridgehead atoms. The fourth-order valence-electron chi connectivity index (χ4n) is 2.05. The summed E-state index contributed by atoms with van der Waals surface area (Å²) in [5.74, 6) is -0.624. The van der Waals surface area contributed by atoms with Crippen LogP contribution >= 0.6 is 0 Å². The zero-order chi connectivity index (χ0) is 16.3. The molecule has 0 amide bonds. The van der Waals surface area contributed by atoms with Crippen LogP contribution in [0.4, 0.5) is 13.2 Å². The predicted octanol–water partition coefficient (Wildman–Crippen LogP) is 3.52. The topological polar surface area (TPSA) is 62.5 Å². The van der Waals surface area contributed by atoms with Crippen molar-refractivity contribution < 1.29 is 27.5 Å². The Bertz CT molecular complexity index is 664. The Morgan fingerprint density at radius 2 is 2.09 bits per heavy atom. The maximum Gasteiger partial charge on any atom is 0.416 e. The second-order valence-corrected chi connectivity index (χ2v) is 4.78. The molecule has 0 aliphatic heterocycles. The van der Waals surface area contributed by atoms with Gasteiger partial charge in [0, 0.05) is 12.1 Å². The molecule has 0 aliphatic rings. The van der Waals surface area contributed by atoms with Crippen molar-refractivity contribution in [3.63, 3.8) is 0 Å². The van der Waals surface area contributed by atoms with E-state index in [0.717, 1.165) is 17.7 Å². The normalized spacial score (nSPS) is 13.1. The molecule has 2 rings (SSSR count). The summed E-state index contributed by atoms with van der Waals surface area (Å²) in [6.45, 7) is 1.90. The van der Waals surface area contributed by atoms with Gasteiger partial charge >= 0.3 is 12.1 Å². The number of aliphatic carboxylic acids is 1. The third-order valence-corrected chi connectivity index (χ3v) is 3.26. The first-order valence-corrected chi connectivity index (χ1v) is 6.45. The van der Waals surface area contributed by atoms with Gasteiger partial charge in [-0.1, -0.05) is 12.1 Å². The first kappa shape index (κ1) is 16.1. The maximum atomic E-state index is 12.7. The molecule has 22 heavy (non-hydrogen) atoms. The Labute approximate surface area is 124 Å². The molecule has 1 aromatic carbocycles. The van der Waals surface area contributed by atoms with E-state index in [4.69, 9.17) is 4.42 Å². The number of carboxylic acid groups (broad SMARTS) is 1. The quantitative estimate of drug-likeness (QED) is 0.886. The van der Waals surface area contributed by atoms with Gasteiger partial charge in [-0.15, -0.1) is 0 Å². The van der Waals surface area contributed by atoms with Crippen LogP contribution in [0.15, 0.2) is 41.0 Å². The number of nitrogens with one attached hydrogen (secondary N) is 1. The van der Waals surface area contributed by atoms with Gasteiger partial charge in [-0.25, -0.2) is 0 Å². The Morgan fingerprint density at radius 1 is 1.36 bits per heavy atom. The molecule has 118 valence electrons. The van der Waals surface area contributed by atoms with Crippen LogP contribution in [0.25, 0.3) is 0 Å². The van der Waals surface area contributed by atoms with Gasteiger partial charge in [-0.2, -0.15) is 13.2 Å². The van der Waals surface area contributed by atoms with Crippen LogP contribution in [-0.2, 0) is 17.5 Å². The number of carbonyl (C=O) groups is 1. The number of alkyl halides is 3. The largest absolute Gasteiger partial charge is 0.480 e. The van der Waals surface area contributed by atoms with E-state index in [1.165, 1.54) is 18.4 Å². The summed E-state index contributed by atoms with van der Waals surface area (Å²) in [5, 5.41) is 12.0. The molecule has 0 aliphatic carbocycles. The maximum absolute atomic E-state index is 12.7. The van der Waals surface area contributed by atoms with E-state index in [9.17, 15) is 23.1 Å². The third kappa shape index (κ3) is 3.67. The van der Waals surface area contributed by atoms with Gasteiger partial charge < -0.3 is 9.52 Å². The van der Waals surface area contributed by atoms with Crippen LogP contribution in [0.1, 0.15) is 28.5 Å². The Kier molecular flexibility index (Phi) is 4.56. The van der Waals surface area contributed by atoms with Crippen molar-refractivity contribution >= 4 is 5.97 Å². The molecule has 1 heterocycles.